The van der Waals surface area contributed by atoms with E-state index in [1.807, 2.05) is 12.1 Å². The average Bonchev–Trinajstić information content (AvgIpc) is 3.06. The summed E-state index contributed by atoms with van der Waals surface area (Å²) in [4.78, 5) is 0. The summed E-state index contributed by atoms with van der Waals surface area (Å²) >= 11 is 0. The summed E-state index contributed by atoms with van der Waals surface area (Å²) in [6.07, 6.45) is 4.02. The zero-order valence-corrected chi connectivity index (χ0v) is 10.1. The van der Waals surface area contributed by atoms with Gasteiger partial charge in [0.05, 0.1) is 13.2 Å². The second-order valence-corrected chi connectivity index (χ2v) is 5.06. The van der Waals surface area contributed by atoms with E-state index in [-0.39, 0.29) is 11.5 Å². The molecule has 1 unspecified atom stereocenters. The molecular formula is C14H20O2. The van der Waals surface area contributed by atoms with E-state index in [0.29, 0.717) is 0 Å². The molecule has 1 saturated carbocycles. The van der Waals surface area contributed by atoms with Crippen molar-refractivity contribution in [2.24, 2.45) is 5.41 Å². The second kappa shape index (κ2) is 4.46. The molecule has 1 fully saturated rings. The summed E-state index contributed by atoms with van der Waals surface area (Å²) in [5.41, 5.74) is 1.48. The van der Waals surface area contributed by atoms with Crippen molar-refractivity contribution >= 4 is 0 Å². The topological polar surface area (TPSA) is 29.5 Å². The van der Waals surface area contributed by atoms with Crippen LogP contribution in [0.15, 0.2) is 24.3 Å². The third kappa shape index (κ3) is 2.56. The van der Waals surface area contributed by atoms with Gasteiger partial charge in [0.25, 0.3) is 0 Å². The molecule has 1 aliphatic carbocycles. The molecule has 0 heterocycles. The monoisotopic (exact) mass is 220 g/mol. The lowest BCUT2D eigenvalue weighted by Crippen LogP contribution is -2.19. The number of rotatable bonds is 5. The van der Waals surface area contributed by atoms with Gasteiger partial charge in [0, 0.05) is 0 Å². The van der Waals surface area contributed by atoms with Gasteiger partial charge in [-0.25, -0.2) is 0 Å². The van der Waals surface area contributed by atoms with Gasteiger partial charge in [-0.3, -0.25) is 0 Å². The summed E-state index contributed by atoms with van der Waals surface area (Å²) in [5, 5.41) is 9.99. The van der Waals surface area contributed by atoms with Crippen LogP contribution in [0.4, 0.5) is 0 Å². The minimum atomic E-state index is -0.144. The van der Waals surface area contributed by atoms with Crippen molar-refractivity contribution in [3.63, 3.8) is 0 Å². The highest BCUT2D eigenvalue weighted by molar-refractivity contribution is 5.27. The Morgan fingerprint density at radius 1 is 1.31 bits per heavy atom. The Morgan fingerprint density at radius 2 is 1.94 bits per heavy atom. The van der Waals surface area contributed by atoms with Crippen molar-refractivity contribution in [2.75, 3.05) is 7.11 Å². The Kier molecular flexibility index (Phi) is 3.20. The van der Waals surface area contributed by atoms with Crippen LogP contribution in [0, 0.1) is 5.41 Å². The lowest BCUT2D eigenvalue weighted by atomic mass is 9.95. The first kappa shape index (κ1) is 11.5. The number of aliphatic hydroxyl groups is 1. The molecule has 0 spiro atoms. The Balaban J connectivity index is 1.84. The zero-order valence-electron chi connectivity index (χ0n) is 10.1. The van der Waals surface area contributed by atoms with Crippen LogP contribution in [-0.2, 0) is 6.42 Å². The lowest BCUT2D eigenvalue weighted by molar-refractivity contribution is 0.0945. The molecule has 0 radical (unpaired) electrons. The minimum Gasteiger partial charge on any atom is -0.497 e. The maximum Gasteiger partial charge on any atom is 0.118 e. The van der Waals surface area contributed by atoms with Crippen LogP contribution in [0.25, 0.3) is 0 Å². The van der Waals surface area contributed by atoms with E-state index in [2.05, 4.69) is 19.1 Å². The predicted octanol–water partition coefficient (Wildman–Crippen LogP) is 2.79. The minimum absolute atomic E-state index is 0.144. The first-order valence-electron chi connectivity index (χ1n) is 5.95. The van der Waals surface area contributed by atoms with Crippen molar-refractivity contribution < 1.29 is 9.84 Å². The fourth-order valence-electron chi connectivity index (χ4n) is 1.97. The molecule has 1 atom stereocenters. The van der Waals surface area contributed by atoms with Crippen LogP contribution in [0.5, 0.6) is 5.75 Å². The van der Waals surface area contributed by atoms with Crippen LogP contribution in [0.1, 0.15) is 31.7 Å². The van der Waals surface area contributed by atoms with E-state index in [1.165, 1.54) is 18.4 Å². The van der Waals surface area contributed by atoms with E-state index >= 15 is 0 Å². The number of hydrogen-bond donors (Lipinski definition) is 1. The molecular weight excluding hydrogens is 200 g/mol. The summed E-state index contributed by atoms with van der Waals surface area (Å²) < 4.78 is 5.11. The Bertz CT molecular complexity index is 338. The van der Waals surface area contributed by atoms with E-state index in [9.17, 15) is 5.11 Å². The van der Waals surface area contributed by atoms with Crippen LogP contribution >= 0.6 is 0 Å². The number of aryl methyl sites for hydroxylation is 1. The van der Waals surface area contributed by atoms with Crippen LogP contribution in [0.3, 0.4) is 0 Å². The first-order valence-corrected chi connectivity index (χ1v) is 5.95. The highest BCUT2D eigenvalue weighted by Gasteiger charge is 2.43. The average molecular weight is 220 g/mol. The molecule has 0 bridgehead atoms. The SMILES string of the molecule is COc1ccc(CCC(O)C2(C)CC2)cc1. The standard InChI is InChI=1S/C14H20O2/c1-14(9-10-14)13(15)8-5-11-3-6-12(16-2)7-4-11/h3-4,6-7,13,15H,5,8-10H2,1-2H3. The molecule has 1 aliphatic rings. The van der Waals surface area contributed by atoms with Gasteiger partial charge in [-0.15, -0.1) is 0 Å². The molecule has 1 aromatic rings. The molecule has 0 amide bonds. The molecule has 88 valence electrons. The normalized spacial score (nSPS) is 19.2. The molecule has 2 rings (SSSR count). The van der Waals surface area contributed by atoms with Gasteiger partial charge in [-0.1, -0.05) is 19.1 Å². The van der Waals surface area contributed by atoms with Gasteiger partial charge in [-0.05, 0) is 48.8 Å². The number of ether oxygens (including phenoxy) is 1. The highest BCUT2D eigenvalue weighted by Crippen LogP contribution is 2.49. The fraction of sp³-hybridized carbons (Fsp3) is 0.571. The van der Waals surface area contributed by atoms with Crippen LogP contribution in [0.2, 0.25) is 0 Å². The number of benzene rings is 1. The summed E-state index contributed by atoms with van der Waals surface area (Å²) in [6.45, 7) is 2.17. The number of hydrogen-bond acceptors (Lipinski definition) is 2. The largest absolute Gasteiger partial charge is 0.497 e. The third-order valence-electron chi connectivity index (χ3n) is 3.71. The van der Waals surface area contributed by atoms with Gasteiger partial charge in [-0.2, -0.15) is 0 Å². The third-order valence-corrected chi connectivity index (χ3v) is 3.71. The molecule has 2 nitrogen and oxygen atoms in total. The number of aliphatic hydroxyl groups excluding tert-OH is 1. The van der Waals surface area contributed by atoms with Crippen molar-refractivity contribution in [1.82, 2.24) is 0 Å². The molecule has 0 saturated heterocycles. The van der Waals surface area contributed by atoms with E-state index < -0.39 is 0 Å². The Hall–Kier alpha value is -1.02. The van der Waals surface area contributed by atoms with Crippen molar-refractivity contribution in [3.05, 3.63) is 29.8 Å². The van der Waals surface area contributed by atoms with Gasteiger partial charge < -0.3 is 9.84 Å². The number of methoxy groups -OCH3 is 1. The Labute approximate surface area is 97.3 Å². The fourth-order valence-corrected chi connectivity index (χ4v) is 1.97. The molecule has 2 heteroatoms. The zero-order chi connectivity index (χ0) is 11.6. The van der Waals surface area contributed by atoms with Gasteiger partial charge in [0.2, 0.25) is 0 Å². The first-order chi connectivity index (χ1) is 7.64. The van der Waals surface area contributed by atoms with E-state index in [4.69, 9.17) is 4.74 Å². The molecule has 16 heavy (non-hydrogen) atoms. The quantitative estimate of drug-likeness (QED) is 0.826. The molecule has 0 aliphatic heterocycles. The van der Waals surface area contributed by atoms with Crippen molar-refractivity contribution in [2.45, 2.75) is 38.7 Å². The highest BCUT2D eigenvalue weighted by atomic mass is 16.5. The van der Waals surface area contributed by atoms with Crippen molar-refractivity contribution in [1.29, 1.82) is 0 Å². The smallest absolute Gasteiger partial charge is 0.118 e. The van der Waals surface area contributed by atoms with Crippen LogP contribution < -0.4 is 4.74 Å². The summed E-state index contributed by atoms with van der Waals surface area (Å²) in [7, 11) is 1.67. The van der Waals surface area contributed by atoms with Gasteiger partial charge in [0.1, 0.15) is 5.75 Å². The lowest BCUT2D eigenvalue weighted by Gasteiger charge is -2.17. The summed E-state index contributed by atoms with van der Waals surface area (Å²) in [5.74, 6) is 0.887. The molecule has 0 aromatic heterocycles. The second-order valence-electron chi connectivity index (χ2n) is 5.06. The predicted molar refractivity (Wildman–Crippen MR) is 64.7 cm³/mol. The van der Waals surface area contributed by atoms with E-state index in [1.54, 1.807) is 7.11 Å². The summed E-state index contributed by atoms with van der Waals surface area (Å²) in [6, 6.07) is 8.09. The molecule has 1 aromatic carbocycles. The van der Waals surface area contributed by atoms with Crippen LogP contribution in [-0.4, -0.2) is 18.3 Å². The maximum atomic E-state index is 9.99. The van der Waals surface area contributed by atoms with Crippen molar-refractivity contribution in [3.8, 4) is 5.75 Å². The van der Waals surface area contributed by atoms with Gasteiger partial charge in [0.15, 0.2) is 0 Å². The maximum absolute atomic E-state index is 9.99. The Morgan fingerprint density at radius 3 is 2.44 bits per heavy atom. The van der Waals surface area contributed by atoms with Gasteiger partial charge >= 0.3 is 0 Å². The van der Waals surface area contributed by atoms with E-state index in [0.717, 1.165) is 18.6 Å². The molecule has 1 N–H and O–H groups in total.